The second kappa shape index (κ2) is 6.03. The molecule has 0 saturated carbocycles. The maximum atomic E-state index is 13.0. The molecule has 0 aliphatic heterocycles. The number of methoxy groups -OCH3 is 1. The summed E-state index contributed by atoms with van der Waals surface area (Å²) in [5.41, 5.74) is -0.170. The van der Waals surface area contributed by atoms with Crippen molar-refractivity contribution in [1.82, 2.24) is 0 Å². The third-order valence-electron chi connectivity index (χ3n) is 2.93. The van der Waals surface area contributed by atoms with Crippen molar-refractivity contribution in [1.29, 1.82) is 0 Å². The smallest absolute Gasteiger partial charge is 0.418 e. The molecule has 21 heavy (non-hydrogen) atoms. The molecule has 0 unspecified atom stereocenters. The molecule has 0 aromatic heterocycles. The van der Waals surface area contributed by atoms with Gasteiger partial charge < -0.3 is 10.1 Å². The number of benzene rings is 2. The summed E-state index contributed by atoms with van der Waals surface area (Å²) in [6.07, 6.45) is -4.49. The Balaban J connectivity index is 2.21. The van der Waals surface area contributed by atoms with Crippen molar-refractivity contribution >= 4 is 5.69 Å². The summed E-state index contributed by atoms with van der Waals surface area (Å²) < 4.78 is 56.6. The average molecular weight is 299 g/mol. The molecule has 0 heterocycles. The summed E-state index contributed by atoms with van der Waals surface area (Å²) in [6.45, 7) is 0.162. The monoisotopic (exact) mass is 299 g/mol. The predicted molar refractivity (Wildman–Crippen MR) is 71.7 cm³/mol. The van der Waals surface area contributed by atoms with Gasteiger partial charge >= 0.3 is 6.18 Å². The SMILES string of the molecule is COc1ccc(NCc2ccc(F)cc2)c(C(F)(F)F)c1. The van der Waals surface area contributed by atoms with E-state index in [9.17, 15) is 17.6 Å². The Morgan fingerprint density at radius 1 is 1.05 bits per heavy atom. The standard InChI is InChI=1S/C15H13F4NO/c1-21-12-6-7-14(13(8-12)15(17,18)19)20-9-10-2-4-11(16)5-3-10/h2-8,20H,9H2,1H3. The number of ether oxygens (including phenoxy) is 1. The minimum atomic E-state index is -4.49. The summed E-state index contributed by atoms with van der Waals surface area (Å²) in [5.74, 6) is -0.256. The fraction of sp³-hybridized carbons (Fsp3) is 0.200. The van der Waals surface area contributed by atoms with Crippen LogP contribution in [-0.4, -0.2) is 7.11 Å². The highest BCUT2D eigenvalue weighted by Gasteiger charge is 2.34. The van der Waals surface area contributed by atoms with Crippen molar-refractivity contribution in [2.75, 3.05) is 12.4 Å². The maximum Gasteiger partial charge on any atom is 0.418 e. The van der Waals surface area contributed by atoms with Crippen LogP contribution >= 0.6 is 0 Å². The van der Waals surface area contributed by atoms with Crippen LogP contribution in [-0.2, 0) is 12.7 Å². The number of alkyl halides is 3. The first-order valence-electron chi connectivity index (χ1n) is 6.13. The molecule has 1 N–H and O–H groups in total. The van der Waals surface area contributed by atoms with E-state index in [0.29, 0.717) is 5.56 Å². The zero-order valence-electron chi connectivity index (χ0n) is 11.2. The van der Waals surface area contributed by atoms with Gasteiger partial charge in [-0.15, -0.1) is 0 Å². The van der Waals surface area contributed by atoms with Crippen LogP contribution in [0.3, 0.4) is 0 Å². The van der Waals surface area contributed by atoms with Crippen LogP contribution in [0.1, 0.15) is 11.1 Å². The second-order valence-corrected chi connectivity index (χ2v) is 4.39. The van der Waals surface area contributed by atoms with Crippen LogP contribution in [0.4, 0.5) is 23.2 Å². The summed E-state index contributed by atoms with van der Waals surface area (Å²) in [6, 6.07) is 9.24. The Hall–Kier alpha value is -2.24. The Kier molecular flexibility index (Phi) is 4.35. The zero-order valence-corrected chi connectivity index (χ0v) is 11.2. The molecule has 0 aliphatic rings. The van der Waals surface area contributed by atoms with Crippen molar-refractivity contribution in [2.24, 2.45) is 0 Å². The molecule has 0 bridgehead atoms. The third-order valence-corrected chi connectivity index (χ3v) is 2.93. The average Bonchev–Trinajstić information content (AvgIpc) is 2.45. The topological polar surface area (TPSA) is 21.3 Å². The minimum absolute atomic E-state index is 0.0485. The fourth-order valence-corrected chi connectivity index (χ4v) is 1.84. The van der Waals surface area contributed by atoms with Crippen molar-refractivity contribution in [3.8, 4) is 5.75 Å². The van der Waals surface area contributed by atoms with E-state index >= 15 is 0 Å². The Morgan fingerprint density at radius 2 is 1.71 bits per heavy atom. The van der Waals surface area contributed by atoms with Gasteiger partial charge in [-0.3, -0.25) is 0 Å². The van der Waals surface area contributed by atoms with E-state index in [1.165, 1.54) is 43.5 Å². The van der Waals surface area contributed by atoms with Gasteiger partial charge in [0.25, 0.3) is 0 Å². The summed E-state index contributed by atoms with van der Waals surface area (Å²) in [5, 5.41) is 2.71. The Labute approximate surface area is 119 Å². The van der Waals surface area contributed by atoms with E-state index < -0.39 is 11.7 Å². The van der Waals surface area contributed by atoms with Crippen molar-refractivity contribution in [3.63, 3.8) is 0 Å². The van der Waals surface area contributed by atoms with E-state index in [2.05, 4.69) is 5.32 Å². The van der Waals surface area contributed by atoms with Gasteiger partial charge in [-0.25, -0.2) is 4.39 Å². The second-order valence-electron chi connectivity index (χ2n) is 4.39. The molecule has 6 heteroatoms. The van der Waals surface area contributed by atoms with Crippen molar-refractivity contribution < 1.29 is 22.3 Å². The van der Waals surface area contributed by atoms with Gasteiger partial charge in [0.15, 0.2) is 0 Å². The highest BCUT2D eigenvalue weighted by Crippen LogP contribution is 2.37. The van der Waals surface area contributed by atoms with E-state index in [-0.39, 0.29) is 23.8 Å². The van der Waals surface area contributed by atoms with E-state index in [1.54, 1.807) is 0 Å². The quantitative estimate of drug-likeness (QED) is 0.841. The molecule has 2 aromatic rings. The summed E-state index contributed by atoms with van der Waals surface area (Å²) in [4.78, 5) is 0. The van der Waals surface area contributed by atoms with Crippen LogP contribution < -0.4 is 10.1 Å². The Bertz CT molecular complexity index is 608. The largest absolute Gasteiger partial charge is 0.497 e. The van der Waals surface area contributed by atoms with Gasteiger partial charge in [0, 0.05) is 12.2 Å². The van der Waals surface area contributed by atoms with Crippen molar-refractivity contribution in [3.05, 3.63) is 59.4 Å². The Morgan fingerprint density at radius 3 is 2.29 bits per heavy atom. The van der Waals surface area contributed by atoms with Crippen LogP contribution in [0.25, 0.3) is 0 Å². The highest BCUT2D eigenvalue weighted by atomic mass is 19.4. The molecule has 0 radical (unpaired) electrons. The highest BCUT2D eigenvalue weighted by molar-refractivity contribution is 5.56. The fourth-order valence-electron chi connectivity index (χ4n) is 1.84. The van der Waals surface area contributed by atoms with Gasteiger partial charge in [0.2, 0.25) is 0 Å². The van der Waals surface area contributed by atoms with Gasteiger partial charge in [-0.1, -0.05) is 12.1 Å². The molecule has 0 spiro atoms. The first-order chi connectivity index (χ1) is 9.90. The molecular weight excluding hydrogens is 286 g/mol. The van der Waals surface area contributed by atoms with Gasteiger partial charge in [0.05, 0.1) is 12.7 Å². The van der Waals surface area contributed by atoms with Gasteiger partial charge in [0.1, 0.15) is 11.6 Å². The van der Waals surface area contributed by atoms with Crippen LogP contribution in [0, 0.1) is 5.82 Å². The van der Waals surface area contributed by atoms with Crippen molar-refractivity contribution in [2.45, 2.75) is 12.7 Å². The van der Waals surface area contributed by atoms with Gasteiger partial charge in [-0.2, -0.15) is 13.2 Å². The molecule has 0 aliphatic carbocycles. The number of nitrogens with one attached hydrogen (secondary N) is 1. The lowest BCUT2D eigenvalue weighted by Gasteiger charge is -2.15. The summed E-state index contributed by atoms with van der Waals surface area (Å²) >= 11 is 0. The normalized spacial score (nSPS) is 11.3. The minimum Gasteiger partial charge on any atom is -0.497 e. The number of hydrogen-bond acceptors (Lipinski definition) is 2. The molecule has 0 fully saturated rings. The molecule has 0 amide bonds. The molecule has 2 rings (SSSR count). The van der Waals surface area contributed by atoms with E-state index in [1.807, 2.05) is 0 Å². The lowest BCUT2D eigenvalue weighted by Crippen LogP contribution is -2.11. The predicted octanol–water partition coefficient (Wildman–Crippen LogP) is 4.47. The van der Waals surface area contributed by atoms with Crippen LogP contribution in [0.15, 0.2) is 42.5 Å². The first-order valence-corrected chi connectivity index (χ1v) is 6.13. The zero-order chi connectivity index (χ0) is 15.5. The number of rotatable bonds is 4. The molecule has 0 saturated heterocycles. The number of anilines is 1. The molecule has 112 valence electrons. The maximum absolute atomic E-state index is 13.0. The number of halogens is 4. The lowest BCUT2D eigenvalue weighted by molar-refractivity contribution is -0.137. The van der Waals surface area contributed by atoms with Crippen LogP contribution in [0.2, 0.25) is 0 Å². The molecule has 0 atom stereocenters. The van der Waals surface area contributed by atoms with Crippen LogP contribution in [0.5, 0.6) is 5.75 Å². The lowest BCUT2D eigenvalue weighted by atomic mass is 10.1. The first kappa shape index (κ1) is 15.2. The summed E-state index contributed by atoms with van der Waals surface area (Å²) in [7, 11) is 1.31. The third kappa shape index (κ3) is 3.87. The number of hydrogen-bond donors (Lipinski definition) is 1. The molecule has 2 nitrogen and oxygen atoms in total. The van der Waals surface area contributed by atoms with E-state index in [4.69, 9.17) is 4.74 Å². The van der Waals surface area contributed by atoms with Gasteiger partial charge in [-0.05, 0) is 35.9 Å². The molecular formula is C15H13F4NO. The molecule has 2 aromatic carbocycles. The van der Waals surface area contributed by atoms with E-state index in [0.717, 1.165) is 6.07 Å².